The highest BCUT2D eigenvalue weighted by Gasteiger charge is 2.24. The first-order valence-electron chi connectivity index (χ1n) is 5.92. The molecule has 0 bridgehead atoms. The predicted molar refractivity (Wildman–Crippen MR) is 73.1 cm³/mol. The van der Waals surface area contributed by atoms with E-state index in [0.29, 0.717) is 11.1 Å². The van der Waals surface area contributed by atoms with Crippen molar-refractivity contribution in [2.45, 2.75) is 13.8 Å². The number of anilines is 1. The van der Waals surface area contributed by atoms with Crippen LogP contribution in [0.15, 0.2) is 18.2 Å². The van der Waals surface area contributed by atoms with Crippen molar-refractivity contribution in [3.63, 3.8) is 0 Å². The molecule has 0 spiro atoms. The SMILES string of the molecule is CNc1nc(C)c([N+](=O)[O-])c(-c2cccc(F)c2C)n1. The Labute approximate surface area is 114 Å². The quantitative estimate of drug-likeness (QED) is 0.688. The van der Waals surface area contributed by atoms with E-state index < -0.39 is 10.7 Å². The van der Waals surface area contributed by atoms with Crippen LogP contribution in [-0.2, 0) is 0 Å². The third-order valence-electron chi connectivity index (χ3n) is 2.99. The van der Waals surface area contributed by atoms with Gasteiger partial charge in [-0.3, -0.25) is 10.1 Å². The third kappa shape index (κ3) is 2.29. The van der Waals surface area contributed by atoms with Gasteiger partial charge in [0.05, 0.1) is 4.92 Å². The normalized spacial score (nSPS) is 10.4. The zero-order chi connectivity index (χ0) is 14.9. The molecule has 2 aromatic rings. The lowest BCUT2D eigenvalue weighted by Crippen LogP contribution is -2.06. The summed E-state index contributed by atoms with van der Waals surface area (Å²) in [6.07, 6.45) is 0. The van der Waals surface area contributed by atoms with Crippen LogP contribution in [0.5, 0.6) is 0 Å². The Morgan fingerprint density at radius 2 is 2.00 bits per heavy atom. The van der Waals surface area contributed by atoms with Crippen LogP contribution in [0, 0.1) is 29.8 Å². The van der Waals surface area contributed by atoms with E-state index in [-0.39, 0.29) is 23.0 Å². The largest absolute Gasteiger partial charge is 0.357 e. The molecule has 20 heavy (non-hydrogen) atoms. The van der Waals surface area contributed by atoms with Crippen LogP contribution in [0.2, 0.25) is 0 Å². The van der Waals surface area contributed by atoms with Crippen molar-refractivity contribution in [2.75, 3.05) is 12.4 Å². The molecule has 0 saturated heterocycles. The maximum absolute atomic E-state index is 13.7. The summed E-state index contributed by atoms with van der Waals surface area (Å²) in [5.74, 6) is -0.175. The number of hydrogen-bond donors (Lipinski definition) is 1. The summed E-state index contributed by atoms with van der Waals surface area (Å²) in [6, 6.07) is 4.40. The smallest absolute Gasteiger partial charge is 0.316 e. The summed E-state index contributed by atoms with van der Waals surface area (Å²) in [4.78, 5) is 18.8. The first-order chi connectivity index (χ1) is 9.45. The molecule has 7 heteroatoms. The van der Waals surface area contributed by atoms with Gasteiger partial charge >= 0.3 is 5.69 Å². The maximum Gasteiger partial charge on any atom is 0.316 e. The first-order valence-corrected chi connectivity index (χ1v) is 5.92. The average Bonchev–Trinajstić information content (AvgIpc) is 2.40. The molecule has 104 valence electrons. The molecular weight excluding hydrogens is 263 g/mol. The summed E-state index contributed by atoms with van der Waals surface area (Å²) in [5.41, 5.74) is 0.837. The van der Waals surface area contributed by atoms with Gasteiger partial charge in [-0.2, -0.15) is 0 Å². The molecule has 1 N–H and O–H groups in total. The van der Waals surface area contributed by atoms with Gasteiger partial charge in [-0.1, -0.05) is 12.1 Å². The lowest BCUT2D eigenvalue weighted by atomic mass is 10.0. The second-order valence-electron chi connectivity index (χ2n) is 4.25. The Kier molecular flexibility index (Phi) is 3.60. The highest BCUT2D eigenvalue weighted by molar-refractivity contribution is 5.74. The highest BCUT2D eigenvalue weighted by Crippen LogP contribution is 2.33. The second-order valence-corrected chi connectivity index (χ2v) is 4.25. The maximum atomic E-state index is 13.7. The van der Waals surface area contributed by atoms with E-state index >= 15 is 0 Å². The lowest BCUT2D eigenvalue weighted by Gasteiger charge is -2.09. The number of benzene rings is 1. The van der Waals surface area contributed by atoms with E-state index in [1.54, 1.807) is 20.0 Å². The van der Waals surface area contributed by atoms with Crippen molar-refractivity contribution in [3.05, 3.63) is 45.4 Å². The van der Waals surface area contributed by atoms with Gasteiger partial charge < -0.3 is 5.32 Å². The number of halogens is 1. The van der Waals surface area contributed by atoms with Gasteiger partial charge in [-0.05, 0) is 25.5 Å². The van der Waals surface area contributed by atoms with Crippen molar-refractivity contribution in [1.29, 1.82) is 0 Å². The minimum absolute atomic E-state index is 0.115. The number of nitrogens with zero attached hydrogens (tertiary/aromatic N) is 3. The Balaban J connectivity index is 2.80. The molecule has 0 radical (unpaired) electrons. The summed E-state index contributed by atoms with van der Waals surface area (Å²) in [6.45, 7) is 3.09. The molecule has 1 aromatic heterocycles. The molecule has 0 atom stereocenters. The molecule has 0 amide bonds. The van der Waals surface area contributed by atoms with Gasteiger partial charge in [0.1, 0.15) is 11.5 Å². The van der Waals surface area contributed by atoms with Gasteiger partial charge in [0.2, 0.25) is 5.95 Å². The van der Waals surface area contributed by atoms with E-state index in [1.807, 2.05) is 0 Å². The average molecular weight is 276 g/mol. The topological polar surface area (TPSA) is 81.0 Å². The van der Waals surface area contributed by atoms with Gasteiger partial charge in [0, 0.05) is 12.6 Å². The molecule has 0 aliphatic rings. The van der Waals surface area contributed by atoms with Crippen molar-refractivity contribution < 1.29 is 9.31 Å². The molecule has 1 aromatic carbocycles. The molecule has 0 aliphatic carbocycles. The standard InChI is InChI=1S/C13H13FN4O2/c1-7-9(5-4-6-10(7)14)11-12(18(19)20)8(2)16-13(15-3)17-11/h4-6H,1-3H3,(H,15,16,17). The zero-order valence-corrected chi connectivity index (χ0v) is 11.3. The molecular formula is C13H13FN4O2. The fraction of sp³-hybridized carbons (Fsp3) is 0.231. The van der Waals surface area contributed by atoms with Crippen LogP contribution < -0.4 is 5.32 Å². The summed E-state index contributed by atoms with van der Waals surface area (Å²) < 4.78 is 13.7. The fourth-order valence-corrected chi connectivity index (χ4v) is 1.95. The van der Waals surface area contributed by atoms with Crippen molar-refractivity contribution in [3.8, 4) is 11.3 Å². The van der Waals surface area contributed by atoms with Crippen LogP contribution >= 0.6 is 0 Å². The van der Waals surface area contributed by atoms with Crippen LogP contribution in [0.3, 0.4) is 0 Å². The van der Waals surface area contributed by atoms with E-state index in [1.165, 1.54) is 19.1 Å². The minimum atomic E-state index is -0.547. The van der Waals surface area contributed by atoms with Crippen molar-refractivity contribution in [1.82, 2.24) is 9.97 Å². The number of nitrogens with one attached hydrogen (secondary N) is 1. The Bertz CT molecular complexity index is 688. The Hall–Kier alpha value is -2.57. The second kappa shape index (κ2) is 5.20. The summed E-state index contributed by atoms with van der Waals surface area (Å²) >= 11 is 0. The third-order valence-corrected chi connectivity index (χ3v) is 2.99. The first kappa shape index (κ1) is 13.9. The molecule has 0 aliphatic heterocycles. The van der Waals surface area contributed by atoms with Crippen LogP contribution in [-0.4, -0.2) is 21.9 Å². The number of hydrogen-bond acceptors (Lipinski definition) is 5. The van der Waals surface area contributed by atoms with E-state index in [9.17, 15) is 14.5 Å². The lowest BCUT2D eigenvalue weighted by molar-refractivity contribution is -0.385. The number of nitro groups is 1. The molecule has 6 nitrogen and oxygen atoms in total. The van der Waals surface area contributed by atoms with Crippen molar-refractivity contribution >= 4 is 11.6 Å². The van der Waals surface area contributed by atoms with E-state index in [0.717, 1.165) is 0 Å². The molecule has 0 unspecified atom stereocenters. The van der Waals surface area contributed by atoms with Crippen LogP contribution in [0.25, 0.3) is 11.3 Å². The Morgan fingerprint density at radius 1 is 1.30 bits per heavy atom. The van der Waals surface area contributed by atoms with Gasteiger partial charge in [-0.15, -0.1) is 0 Å². The molecule has 0 fully saturated rings. The van der Waals surface area contributed by atoms with Gasteiger partial charge in [0.15, 0.2) is 5.69 Å². The summed E-state index contributed by atoms with van der Waals surface area (Å²) in [7, 11) is 1.61. The van der Waals surface area contributed by atoms with Crippen molar-refractivity contribution in [2.24, 2.45) is 0 Å². The predicted octanol–water partition coefficient (Wildman–Crippen LogP) is 2.85. The van der Waals surface area contributed by atoms with Crippen LogP contribution in [0.4, 0.5) is 16.0 Å². The number of aryl methyl sites for hydroxylation is 1. The molecule has 2 rings (SSSR count). The number of rotatable bonds is 3. The van der Waals surface area contributed by atoms with E-state index in [4.69, 9.17) is 0 Å². The van der Waals surface area contributed by atoms with Gasteiger partial charge in [-0.25, -0.2) is 14.4 Å². The van der Waals surface area contributed by atoms with Crippen LogP contribution in [0.1, 0.15) is 11.3 Å². The fourth-order valence-electron chi connectivity index (χ4n) is 1.95. The number of aromatic nitrogens is 2. The van der Waals surface area contributed by atoms with Gasteiger partial charge in [0.25, 0.3) is 0 Å². The minimum Gasteiger partial charge on any atom is -0.357 e. The molecule has 1 heterocycles. The molecule has 0 saturated carbocycles. The zero-order valence-electron chi connectivity index (χ0n) is 11.3. The Morgan fingerprint density at radius 3 is 2.60 bits per heavy atom. The van der Waals surface area contributed by atoms with E-state index in [2.05, 4.69) is 15.3 Å². The summed E-state index contributed by atoms with van der Waals surface area (Å²) in [5, 5.41) is 14.0. The highest BCUT2D eigenvalue weighted by atomic mass is 19.1. The monoisotopic (exact) mass is 276 g/mol.